The molecule has 224 valence electrons. The van der Waals surface area contributed by atoms with E-state index in [-0.39, 0.29) is 24.5 Å². The number of aromatic nitrogens is 2. The minimum Gasteiger partial charge on any atom is -0.489 e. The maximum atomic E-state index is 12.8. The number of nitrogens with zero attached hydrogens (tertiary/aromatic N) is 2. The second-order valence-electron chi connectivity index (χ2n) is 11.3. The lowest BCUT2D eigenvalue weighted by Gasteiger charge is -2.14. The third kappa shape index (κ3) is 5.78. The summed E-state index contributed by atoms with van der Waals surface area (Å²) in [7, 11) is 0. The second kappa shape index (κ2) is 12.5. The minimum absolute atomic E-state index is 0.0953. The van der Waals surface area contributed by atoms with Crippen molar-refractivity contribution in [2.24, 2.45) is 0 Å². The van der Waals surface area contributed by atoms with Gasteiger partial charge in [0.25, 0.3) is 0 Å². The van der Waals surface area contributed by atoms with Crippen LogP contribution in [0.3, 0.4) is 0 Å². The molecule has 43 heavy (non-hydrogen) atoms. The predicted octanol–water partition coefficient (Wildman–Crippen LogP) is 10.3. The van der Waals surface area contributed by atoms with Crippen molar-refractivity contribution in [1.29, 1.82) is 0 Å². The number of halogens is 2. The fraction of sp³-hybridized carbons (Fsp3) is 0.314. The number of carbonyl (C=O) groups is 1. The highest BCUT2D eigenvalue weighted by atomic mass is 35.5. The summed E-state index contributed by atoms with van der Waals surface area (Å²) >= 11 is 13.0. The highest BCUT2D eigenvalue weighted by Crippen LogP contribution is 2.39. The first kappa shape index (κ1) is 30.7. The molecule has 6 nitrogen and oxygen atoms in total. The summed E-state index contributed by atoms with van der Waals surface area (Å²) in [6.45, 7) is 14.8. The normalized spacial score (nSPS) is 11.6. The first-order chi connectivity index (χ1) is 20.5. The molecule has 0 saturated carbocycles. The maximum absolute atomic E-state index is 12.8. The Hall–Kier alpha value is -3.74. The van der Waals surface area contributed by atoms with E-state index in [4.69, 9.17) is 37.2 Å². The van der Waals surface area contributed by atoms with E-state index in [0.29, 0.717) is 33.5 Å². The van der Waals surface area contributed by atoms with Crippen molar-refractivity contribution < 1.29 is 18.8 Å². The Morgan fingerprint density at radius 2 is 1.72 bits per heavy atom. The van der Waals surface area contributed by atoms with Gasteiger partial charge in [0.1, 0.15) is 23.8 Å². The molecule has 0 bridgehead atoms. The quantitative estimate of drug-likeness (QED) is 0.154. The average Bonchev–Trinajstić information content (AvgIpc) is 3.49. The molecule has 0 aliphatic carbocycles. The molecule has 0 aliphatic heterocycles. The summed E-state index contributed by atoms with van der Waals surface area (Å²) in [6.07, 6.45) is 0. The van der Waals surface area contributed by atoms with Crippen LogP contribution in [0.15, 0.2) is 59.1 Å². The van der Waals surface area contributed by atoms with Gasteiger partial charge in [-0.15, -0.1) is 0 Å². The van der Waals surface area contributed by atoms with E-state index < -0.39 is 0 Å². The van der Waals surface area contributed by atoms with Gasteiger partial charge in [-0.3, -0.25) is 0 Å². The number of hydrogen-bond donors (Lipinski definition) is 0. The van der Waals surface area contributed by atoms with E-state index in [1.54, 1.807) is 18.2 Å². The lowest BCUT2D eigenvalue weighted by atomic mass is 9.98. The van der Waals surface area contributed by atoms with Gasteiger partial charge in [0, 0.05) is 34.1 Å². The van der Waals surface area contributed by atoms with E-state index in [1.807, 2.05) is 45.9 Å². The van der Waals surface area contributed by atoms with E-state index in [9.17, 15) is 4.79 Å². The number of rotatable bonds is 9. The summed E-state index contributed by atoms with van der Waals surface area (Å²) in [5, 5.41) is 6.23. The highest BCUT2D eigenvalue weighted by Gasteiger charge is 2.25. The summed E-state index contributed by atoms with van der Waals surface area (Å²) in [6, 6.07) is 17.8. The van der Waals surface area contributed by atoms with Gasteiger partial charge in [0.15, 0.2) is 0 Å². The largest absolute Gasteiger partial charge is 0.489 e. The summed E-state index contributed by atoms with van der Waals surface area (Å²) in [5.41, 5.74) is 7.79. The molecule has 5 aromatic rings. The molecule has 5 rings (SSSR count). The van der Waals surface area contributed by atoms with Crippen LogP contribution in [-0.2, 0) is 11.3 Å². The van der Waals surface area contributed by atoms with Crippen molar-refractivity contribution >= 4 is 40.1 Å². The Morgan fingerprint density at radius 3 is 2.35 bits per heavy atom. The van der Waals surface area contributed by atoms with Crippen molar-refractivity contribution in [1.82, 2.24) is 9.72 Å². The van der Waals surface area contributed by atoms with Crippen LogP contribution < -0.4 is 4.74 Å². The highest BCUT2D eigenvalue weighted by molar-refractivity contribution is 6.39. The topological polar surface area (TPSA) is 66.5 Å². The molecule has 0 saturated heterocycles. The van der Waals surface area contributed by atoms with Gasteiger partial charge in [-0.2, -0.15) is 0 Å². The van der Waals surface area contributed by atoms with Gasteiger partial charge in [-0.05, 0) is 81.6 Å². The lowest BCUT2D eigenvalue weighted by Crippen LogP contribution is -2.08. The van der Waals surface area contributed by atoms with Crippen LogP contribution in [0.4, 0.5) is 0 Å². The van der Waals surface area contributed by atoms with E-state index in [0.717, 1.165) is 50.4 Å². The van der Waals surface area contributed by atoms with Crippen LogP contribution in [0.25, 0.3) is 33.3 Å². The van der Waals surface area contributed by atoms with Crippen molar-refractivity contribution in [3.05, 3.63) is 92.8 Å². The SMILES string of the molecule is CCOC(=O)c1c(C)n(C(C)C)c2cc(-c3ccc(OCc4c(-c5c(Cl)cccc5Cl)noc4C(C)C)cc3C)ccc12. The summed E-state index contributed by atoms with van der Waals surface area (Å²) in [4.78, 5) is 12.8. The Balaban J connectivity index is 1.47. The van der Waals surface area contributed by atoms with E-state index in [1.165, 1.54) is 0 Å². The van der Waals surface area contributed by atoms with Crippen LogP contribution in [0, 0.1) is 13.8 Å². The average molecular weight is 620 g/mol. The fourth-order valence-corrected chi connectivity index (χ4v) is 6.35. The Bertz CT molecular complexity index is 1800. The van der Waals surface area contributed by atoms with Gasteiger partial charge in [-0.1, -0.05) is 66.5 Å². The monoisotopic (exact) mass is 618 g/mol. The molecule has 0 radical (unpaired) electrons. The molecule has 0 amide bonds. The number of ether oxygens (including phenoxy) is 2. The molecule has 3 aromatic carbocycles. The first-order valence-electron chi connectivity index (χ1n) is 14.5. The van der Waals surface area contributed by atoms with Crippen LogP contribution in [0.1, 0.15) is 79.5 Å². The van der Waals surface area contributed by atoms with Crippen LogP contribution in [0.5, 0.6) is 5.75 Å². The van der Waals surface area contributed by atoms with Gasteiger partial charge < -0.3 is 18.6 Å². The summed E-state index contributed by atoms with van der Waals surface area (Å²) in [5.74, 6) is 1.26. The van der Waals surface area contributed by atoms with Crippen molar-refractivity contribution in [3.63, 3.8) is 0 Å². The number of hydrogen-bond acceptors (Lipinski definition) is 5. The van der Waals surface area contributed by atoms with Crippen LogP contribution in [0.2, 0.25) is 10.0 Å². The first-order valence-corrected chi connectivity index (χ1v) is 15.3. The van der Waals surface area contributed by atoms with Gasteiger partial charge in [0.05, 0.1) is 27.8 Å². The molecule has 2 aromatic heterocycles. The maximum Gasteiger partial charge on any atom is 0.340 e. The minimum atomic E-state index is -0.289. The molecule has 2 heterocycles. The zero-order chi connectivity index (χ0) is 31.0. The van der Waals surface area contributed by atoms with Gasteiger partial charge >= 0.3 is 5.97 Å². The third-order valence-corrected chi connectivity index (χ3v) is 8.31. The Morgan fingerprint density at radius 1 is 1.00 bits per heavy atom. The summed E-state index contributed by atoms with van der Waals surface area (Å²) < 4.78 is 19.6. The second-order valence-corrected chi connectivity index (χ2v) is 12.1. The fourth-order valence-electron chi connectivity index (χ4n) is 5.77. The number of esters is 1. The molecule has 0 atom stereocenters. The molecular formula is C35H36Cl2N2O4. The van der Waals surface area contributed by atoms with Crippen LogP contribution >= 0.6 is 23.2 Å². The lowest BCUT2D eigenvalue weighted by molar-refractivity contribution is 0.0527. The number of fused-ring (bicyclic) bond motifs is 1. The molecule has 0 spiro atoms. The Labute approximate surface area is 262 Å². The predicted molar refractivity (Wildman–Crippen MR) is 174 cm³/mol. The van der Waals surface area contributed by atoms with Crippen molar-refractivity contribution in [3.8, 4) is 28.1 Å². The number of benzene rings is 3. The zero-order valence-corrected chi connectivity index (χ0v) is 27.1. The molecule has 0 fully saturated rings. The zero-order valence-electron chi connectivity index (χ0n) is 25.5. The number of carbonyl (C=O) groups excluding carboxylic acids is 1. The standard InChI is InChI=1S/C35H36Cl2N2O4/c1-8-41-35(40)31-22(7)39(20(4)5)30-17-23(12-14-26(30)31)25-15-13-24(16-21(25)6)42-18-27-33(38-43-34(27)19(2)3)32-28(36)10-9-11-29(32)37/h9-17,19-20H,8,18H2,1-7H3. The number of aryl methyl sites for hydroxylation is 1. The third-order valence-electron chi connectivity index (χ3n) is 7.68. The van der Waals surface area contributed by atoms with E-state index >= 15 is 0 Å². The van der Waals surface area contributed by atoms with E-state index in [2.05, 4.69) is 48.7 Å². The van der Waals surface area contributed by atoms with Crippen LogP contribution in [-0.4, -0.2) is 22.3 Å². The van der Waals surface area contributed by atoms with Gasteiger partial charge in [-0.25, -0.2) is 4.79 Å². The molecule has 8 heteroatoms. The smallest absolute Gasteiger partial charge is 0.340 e. The molecular weight excluding hydrogens is 583 g/mol. The molecule has 0 aliphatic rings. The van der Waals surface area contributed by atoms with Gasteiger partial charge in [0.2, 0.25) is 0 Å². The van der Waals surface area contributed by atoms with Crippen molar-refractivity contribution in [2.45, 2.75) is 67.0 Å². The molecule has 0 N–H and O–H groups in total. The molecule has 0 unspecified atom stereocenters. The van der Waals surface area contributed by atoms with Crippen molar-refractivity contribution in [2.75, 3.05) is 6.61 Å². The Kier molecular flexibility index (Phi) is 8.91.